The Bertz CT molecular complexity index is 571. The van der Waals surface area contributed by atoms with Gasteiger partial charge in [-0.25, -0.2) is 8.78 Å². The number of rotatable bonds is 6. The molecule has 1 aromatic carbocycles. The number of hydrogen-bond acceptors (Lipinski definition) is 4. The van der Waals surface area contributed by atoms with Crippen LogP contribution in [0.5, 0.6) is 0 Å². The van der Waals surface area contributed by atoms with Crippen molar-refractivity contribution in [1.82, 2.24) is 15.5 Å². The van der Waals surface area contributed by atoms with Crippen LogP contribution >= 0.6 is 11.3 Å². The minimum Gasteiger partial charge on any atom is -0.308 e. The van der Waals surface area contributed by atoms with E-state index in [2.05, 4.69) is 29.4 Å². The molecule has 0 amide bonds. The number of halogens is 2. The second-order valence-electron chi connectivity index (χ2n) is 4.48. The van der Waals surface area contributed by atoms with Gasteiger partial charge in [-0.3, -0.25) is 0 Å². The highest BCUT2D eigenvalue weighted by atomic mass is 32.1. The summed E-state index contributed by atoms with van der Waals surface area (Å²) in [5, 5.41) is 12.8. The van der Waals surface area contributed by atoms with Gasteiger partial charge in [0.05, 0.1) is 6.04 Å². The second-order valence-corrected chi connectivity index (χ2v) is 5.49. The molecule has 20 heavy (non-hydrogen) atoms. The van der Waals surface area contributed by atoms with E-state index in [9.17, 15) is 8.78 Å². The molecule has 3 nitrogen and oxygen atoms in total. The molecule has 0 bridgehead atoms. The van der Waals surface area contributed by atoms with Crippen molar-refractivity contribution >= 4 is 11.3 Å². The molecular weight excluding hydrogens is 280 g/mol. The van der Waals surface area contributed by atoms with Gasteiger partial charge in [-0.2, -0.15) is 0 Å². The second kappa shape index (κ2) is 6.85. The maximum atomic E-state index is 13.7. The lowest BCUT2D eigenvalue weighted by molar-refractivity contribution is 0.513. The Hall–Kier alpha value is -1.40. The molecule has 0 aliphatic rings. The molecule has 1 aromatic heterocycles. The van der Waals surface area contributed by atoms with Crippen LogP contribution in [-0.2, 0) is 0 Å². The predicted molar refractivity (Wildman–Crippen MR) is 76.6 cm³/mol. The van der Waals surface area contributed by atoms with Gasteiger partial charge in [-0.1, -0.05) is 25.2 Å². The van der Waals surface area contributed by atoms with Gasteiger partial charge in [-0.05, 0) is 31.5 Å². The third-order valence-electron chi connectivity index (χ3n) is 2.95. The number of nitrogens with one attached hydrogen (secondary N) is 1. The van der Waals surface area contributed by atoms with Gasteiger partial charge >= 0.3 is 0 Å². The summed E-state index contributed by atoms with van der Waals surface area (Å²) in [6.45, 7) is 5.06. The predicted octanol–water partition coefficient (Wildman–Crippen LogP) is 3.93. The van der Waals surface area contributed by atoms with E-state index in [0.29, 0.717) is 10.6 Å². The quantitative estimate of drug-likeness (QED) is 0.877. The zero-order valence-electron chi connectivity index (χ0n) is 11.5. The minimum atomic E-state index is -0.609. The van der Waals surface area contributed by atoms with Crippen molar-refractivity contribution in [2.45, 2.75) is 32.7 Å². The van der Waals surface area contributed by atoms with E-state index in [4.69, 9.17) is 0 Å². The van der Waals surface area contributed by atoms with Crippen LogP contribution in [0.2, 0.25) is 0 Å². The molecule has 0 aliphatic heterocycles. The molecule has 1 atom stereocenters. The highest BCUT2D eigenvalue weighted by Gasteiger charge is 2.17. The van der Waals surface area contributed by atoms with E-state index in [1.54, 1.807) is 0 Å². The van der Waals surface area contributed by atoms with Crippen molar-refractivity contribution in [2.75, 3.05) is 6.54 Å². The molecule has 6 heteroatoms. The number of aromatic nitrogens is 2. The van der Waals surface area contributed by atoms with Gasteiger partial charge in [0.2, 0.25) is 0 Å². The summed E-state index contributed by atoms with van der Waals surface area (Å²) in [5.41, 5.74) is 0.292. The number of nitrogens with zero attached hydrogens (tertiary/aromatic N) is 2. The van der Waals surface area contributed by atoms with E-state index in [0.717, 1.165) is 30.5 Å². The monoisotopic (exact) mass is 297 g/mol. The summed E-state index contributed by atoms with van der Waals surface area (Å²) in [4.78, 5) is 0. The highest BCUT2D eigenvalue weighted by molar-refractivity contribution is 7.14. The Kier molecular flexibility index (Phi) is 5.14. The number of hydrogen-bond donors (Lipinski definition) is 1. The van der Waals surface area contributed by atoms with E-state index in [1.165, 1.54) is 23.5 Å². The first kappa shape index (κ1) is 15.0. The Balaban J connectivity index is 2.23. The van der Waals surface area contributed by atoms with Gasteiger partial charge in [0, 0.05) is 11.6 Å². The third-order valence-corrected chi connectivity index (χ3v) is 4.02. The Morgan fingerprint density at radius 3 is 2.70 bits per heavy atom. The van der Waals surface area contributed by atoms with E-state index >= 15 is 0 Å². The third kappa shape index (κ3) is 3.37. The van der Waals surface area contributed by atoms with Gasteiger partial charge in [0.25, 0.3) is 0 Å². The number of benzene rings is 1. The zero-order chi connectivity index (χ0) is 14.5. The molecule has 0 fully saturated rings. The fraction of sp³-hybridized carbons (Fsp3) is 0.429. The Morgan fingerprint density at radius 2 is 2.05 bits per heavy atom. The van der Waals surface area contributed by atoms with Crippen molar-refractivity contribution < 1.29 is 8.78 Å². The topological polar surface area (TPSA) is 37.8 Å². The fourth-order valence-electron chi connectivity index (χ4n) is 1.87. The molecule has 1 heterocycles. The van der Waals surface area contributed by atoms with Crippen molar-refractivity contribution in [2.24, 2.45) is 0 Å². The molecule has 2 aromatic rings. The van der Waals surface area contributed by atoms with Gasteiger partial charge in [-0.15, -0.1) is 10.2 Å². The molecule has 1 unspecified atom stereocenters. The van der Waals surface area contributed by atoms with Crippen LogP contribution in [-0.4, -0.2) is 16.7 Å². The summed E-state index contributed by atoms with van der Waals surface area (Å²) in [6, 6.07) is 3.62. The molecule has 0 saturated carbocycles. The normalized spacial score (nSPS) is 12.6. The highest BCUT2D eigenvalue weighted by Crippen LogP contribution is 2.29. The summed E-state index contributed by atoms with van der Waals surface area (Å²) in [7, 11) is 0. The largest absolute Gasteiger partial charge is 0.308 e. The first-order valence-electron chi connectivity index (χ1n) is 6.67. The maximum absolute atomic E-state index is 13.7. The van der Waals surface area contributed by atoms with Crippen LogP contribution in [0.4, 0.5) is 8.78 Å². The van der Waals surface area contributed by atoms with Crippen molar-refractivity contribution in [3.63, 3.8) is 0 Å². The molecule has 0 aliphatic carbocycles. The fourth-order valence-corrected chi connectivity index (χ4v) is 2.90. The average molecular weight is 297 g/mol. The summed E-state index contributed by atoms with van der Waals surface area (Å²) in [5.74, 6) is -1.20. The zero-order valence-corrected chi connectivity index (χ0v) is 12.3. The molecule has 108 valence electrons. The van der Waals surface area contributed by atoms with Crippen molar-refractivity contribution in [3.8, 4) is 10.6 Å². The van der Waals surface area contributed by atoms with Crippen LogP contribution in [0.3, 0.4) is 0 Å². The first-order chi connectivity index (χ1) is 9.65. The first-order valence-corrected chi connectivity index (χ1v) is 7.49. The minimum absolute atomic E-state index is 0.129. The van der Waals surface area contributed by atoms with E-state index in [-0.39, 0.29) is 6.04 Å². The van der Waals surface area contributed by atoms with Crippen LogP contribution in [0.1, 0.15) is 37.7 Å². The van der Waals surface area contributed by atoms with Crippen LogP contribution < -0.4 is 5.32 Å². The van der Waals surface area contributed by atoms with Gasteiger partial charge in [0.1, 0.15) is 16.6 Å². The van der Waals surface area contributed by atoms with E-state index in [1.807, 2.05) is 0 Å². The SMILES string of the molecule is CCCNC(CC)c1nnc(-c2ccc(F)cc2F)s1. The van der Waals surface area contributed by atoms with Crippen molar-refractivity contribution in [3.05, 3.63) is 34.8 Å². The lowest BCUT2D eigenvalue weighted by Gasteiger charge is -2.12. The molecule has 0 spiro atoms. The summed E-state index contributed by atoms with van der Waals surface area (Å²) in [6.07, 6.45) is 1.93. The van der Waals surface area contributed by atoms with Crippen molar-refractivity contribution in [1.29, 1.82) is 0 Å². The molecular formula is C14H17F2N3S. The van der Waals surface area contributed by atoms with Gasteiger partial charge in [0.15, 0.2) is 5.01 Å². The van der Waals surface area contributed by atoms with Crippen LogP contribution in [0.15, 0.2) is 18.2 Å². The van der Waals surface area contributed by atoms with Crippen LogP contribution in [0, 0.1) is 11.6 Å². The van der Waals surface area contributed by atoms with Crippen LogP contribution in [0.25, 0.3) is 10.6 Å². The molecule has 1 N–H and O–H groups in total. The molecule has 2 rings (SSSR count). The lowest BCUT2D eigenvalue weighted by Crippen LogP contribution is -2.21. The summed E-state index contributed by atoms with van der Waals surface area (Å²) >= 11 is 1.34. The summed E-state index contributed by atoms with van der Waals surface area (Å²) < 4.78 is 26.6. The molecule has 0 radical (unpaired) electrons. The van der Waals surface area contributed by atoms with Gasteiger partial charge < -0.3 is 5.32 Å². The Labute approximate surface area is 121 Å². The Morgan fingerprint density at radius 1 is 1.25 bits per heavy atom. The standard InChI is InChI=1S/C14H17F2N3S/c1-3-7-17-12(4-2)14-19-18-13(20-14)10-6-5-9(15)8-11(10)16/h5-6,8,12,17H,3-4,7H2,1-2H3. The van der Waals surface area contributed by atoms with E-state index < -0.39 is 11.6 Å². The average Bonchev–Trinajstić information content (AvgIpc) is 2.89. The smallest absolute Gasteiger partial charge is 0.150 e. The lowest BCUT2D eigenvalue weighted by atomic mass is 10.2. The molecule has 0 saturated heterocycles. The maximum Gasteiger partial charge on any atom is 0.150 e.